The average molecular weight is 373 g/mol. The predicted molar refractivity (Wildman–Crippen MR) is 101 cm³/mol. The third-order valence-corrected chi connectivity index (χ3v) is 5.32. The van der Waals surface area contributed by atoms with Crippen LogP contribution in [0.2, 0.25) is 0 Å². The van der Waals surface area contributed by atoms with E-state index in [1.807, 2.05) is 23.2 Å². The number of amides is 1. The Kier molecular flexibility index (Phi) is 4.67. The van der Waals surface area contributed by atoms with Crippen LogP contribution in [0, 0.1) is 0 Å². The fraction of sp³-hybridized carbons (Fsp3) is 0.632. The van der Waals surface area contributed by atoms with Crippen molar-refractivity contribution in [2.45, 2.75) is 57.3 Å². The van der Waals surface area contributed by atoms with Gasteiger partial charge >= 0.3 is 6.09 Å². The standard InChI is InChI=1S/C19H27N5O3/c1-19(2,26)12-15-7-10-23(18(25)27-15)14-4-3-9-22(13-14)17-6-5-16-20-8-11-24(16)21-17/h5-6,8,11,14-15,26H,3-4,7,9-10,12-13H2,1-2H3. The van der Waals surface area contributed by atoms with Crippen molar-refractivity contribution in [3.8, 4) is 0 Å². The Labute approximate surface area is 158 Å². The SMILES string of the molecule is CC(C)(O)CC1CCN(C2CCCN(c3ccc4nccn4n3)C2)C(=O)O1. The molecule has 146 valence electrons. The lowest BCUT2D eigenvalue weighted by Crippen LogP contribution is -2.54. The average Bonchev–Trinajstić information content (AvgIpc) is 3.08. The lowest BCUT2D eigenvalue weighted by molar-refractivity contribution is -0.0327. The minimum absolute atomic E-state index is 0.120. The Morgan fingerprint density at radius 1 is 1.30 bits per heavy atom. The van der Waals surface area contributed by atoms with E-state index in [2.05, 4.69) is 15.0 Å². The van der Waals surface area contributed by atoms with Crippen molar-refractivity contribution < 1.29 is 14.6 Å². The minimum Gasteiger partial charge on any atom is -0.446 e. The number of aliphatic hydroxyl groups is 1. The van der Waals surface area contributed by atoms with Gasteiger partial charge in [0.1, 0.15) is 11.9 Å². The van der Waals surface area contributed by atoms with Gasteiger partial charge in [0.05, 0.1) is 11.6 Å². The highest BCUT2D eigenvalue weighted by Gasteiger charge is 2.36. The van der Waals surface area contributed by atoms with E-state index in [4.69, 9.17) is 4.74 Å². The number of cyclic esters (lactones) is 1. The summed E-state index contributed by atoms with van der Waals surface area (Å²) in [5.74, 6) is 0.899. The van der Waals surface area contributed by atoms with Gasteiger partial charge in [0.25, 0.3) is 0 Å². The first-order chi connectivity index (χ1) is 12.9. The third kappa shape index (κ3) is 4.00. The summed E-state index contributed by atoms with van der Waals surface area (Å²) in [6.07, 6.45) is 6.30. The first-order valence-electron chi connectivity index (χ1n) is 9.64. The summed E-state index contributed by atoms with van der Waals surface area (Å²) < 4.78 is 7.37. The van der Waals surface area contributed by atoms with Gasteiger partial charge in [-0.3, -0.25) is 0 Å². The maximum Gasteiger partial charge on any atom is 0.410 e. The molecular formula is C19H27N5O3. The van der Waals surface area contributed by atoms with E-state index in [1.54, 1.807) is 24.6 Å². The van der Waals surface area contributed by atoms with Gasteiger partial charge in [-0.1, -0.05) is 0 Å². The molecule has 0 aromatic carbocycles. The molecule has 0 saturated carbocycles. The first-order valence-corrected chi connectivity index (χ1v) is 9.64. The van der Waals surface area contributed by atoms with Crippen molar-refractivity contribution in [1.29, 1.82) is 0 Å². The van der Waals surface area contributed by atoms with Gasteiger partial charge in [-0.15, -0.1) is 5.10 Å². The molecule has 2 aromatic heterocycles. The number of carbonyl (C=O) groups is 1. The molecule has 8 nitrogen and oxygen atoms in total. The van der Waals surface area contributed by atoms with Gasteiger partial charge in [0.15, 0.2) is 5.65 Å². The maximum atomic E-state index is 12.5. The van der Waals surface area contributed by atoms with Crippen LogP contribution in [0.25, 0.3) is 5.65 Å². The van der Waals surface area contributed by atoms with E-state index < -0.39 is 5.60 Å². The summed E-state index contributed by atoms with van der Waals surface area (Å²) in [4.78, 5) is 20.9. The zero-order valence-corrected chi connectivity index (χ0v) is 15.9. The number of anilines is 1. The van der Waals surface area contributed by atoms with Crippen molar-refractivity contribution in [1.82, 2.24) is 19.5 Å². The van der Waals surface area contributed by atoms with Crippen LogP contribution in [0.15, 0.2) is 24.5 Å². The van der Waals surface area contributed by atoms with Crippen molar-refractivity contribution in [3.05, 3.63) is 24.5 Å². The highest BCUT2D eigenvalue weighted by atomic mass is 16.6. The number of rotatable bonds is 4. The summed E-state index contributed by atoms with van der Waals surface area (Å²) in [5.41, 5.74) is -0.00313. The van der Waals surface area contributed by atoms with Crippen LogP contribution in [0.1, 0.15) is 39.5 Å². The molecule has 1 N–H and O–H groups in total. The van der Waals surface area contributed by atoms with Crippen LogP contribution in [0.5, 0.6) is 0 Å². The van der Waals surface area contributed by atoms with Crippen LogP contribution in [0.4, 0.5) is 10.6 Å². The Balaban J connectivity index is 1.41. The number of piperidine rings is 1. The molecule has 4 rings (SSSR count). The number of hydrogen-bond acceptors (Lipinski definition) is 6. The molecule has 0 spiro atoms. The Morgan fingerprint density at radius 2 is 2.15 bits per heavy atom. The molecule has 0 aliphatic carbocycles. The summed E-state index contributed by atoms with van der Waals surface area (Å²) in [7, 11) is 0. The second kappa shape index (κ2) is 6.99. The van der Waals surface area contributed by atoms with Crippen LogP contribution in [-0.2, 0) is 4.74 Å². The van der Waals surface area contributed by atoms with Gasteiger partial charge in [-0.05, 0) is 38.8 Å². The normalized spacial score (nSPS) is 24.3. The van der Waals surface area contributed by atoms with E-state index in [1.165, 1.54) is 0 Å². The van der Waals surface area contributed by atoms with Crippen LogP contribution in [-0.4, -0.2) is 68.1 Å². The van der Waals surface area contributed by atoms with Crippen LogP contribution in [0.3, 0.4) is 0 Å². The van der Waals surface area contributed by atoms with Crippen LogP contribution < -0.4 is 4.90 Å². The van der Waals surface area contributed by atoms with Gasteiger partial charge in [-0.25, -0.2) is 14.3 Å². The Morgan fingerprint density at radius 3 is 2.93 bits per heavy atom. The van der Waals surface area contributed by atoms with Gasteiger partial charge in [0, 0.05) is 44.9 Å². The number of hydrogen-bond donors (Lipinski definition) is 1. The molecule has 2 fully saturated rings. The van der Waals surface area contributed by atoms with E-state index in [9.17, 15) is 9.90 Å². The minimum atomic E-state index is -0.827. The molecule has 2 aliphatic rings. The van der Waals surface area contributed by atoms with E-state index in [0.717, 1.165) is 43.8 Å². The molecule has 2 aliphatic heterocycles. The zero-order chi connectivity index (χ0) is 19.0. The molecule has 2 saturated heterocycles. The second-order valence-electron chi connectivity index (χ2n) is 8.17. The highest BCUT2D eigenvalue weighted by Crippen LogP contribution is 2.26. The quantitative estimate of drug-likeness (QED) is 0.883. The van der Waals surface area contributed by atoms with Crippen molar-refractivity contribution in [3.63, 3.8) is 0 Å². The molecule has 27 heavy (non-hydrogen) atoms. The van der Waals surface area contributed by atoms with Crippen molar-refractivity contribution in [2.24, 2.45) is 0 Å². The molecular weight excluding hydrogens is 346 g/mol. The third-order valence-electron chi connectivity index (χ3n) is 5.32. The number of ether oxygens (including phenoxy) is 1. The Hall–Kier alpha value is -2.35. The zero-order valence-electron chi connectivity index (χ0n) is 15.9. The molecule has 2 unspecified atom stereocenters. The lowest BCUT2D eigenvalue weighted by atomic mass is 9.97. The highest BCUT2D eigenvalue weighted by molar-refractivity contribution is 5.69. The van der Waals surface area contributed by atoms with Gasteiger partial charge in [-0.2, -0.15) is 0 Å². The van der Waals surface area contributed by atoms with E-state index in [-0.39, 0.29) is 18.2 Å². The fourth-order valence-corrected chi connectivity index (χ4v) is 4.07. The topological polar surface area (TPSA) is 83.2 Å². The number of imidazole rings is 1. The first kappa shape index (κ1) is 18.0. The lowest BCUT2D eigenvalue weighted by Gasteiger charge is -2.42. The summed E-state index contributed by atoms with van der Waals surface area (Å²) in [6, 6.07) is 4.07. The van der Waals surface area contributed by atoms with E-state index in [0.29, 0.717) is 13.0 Å². The van der Waals surface area contributed by atoms with Gasteiger partial charge in [0.2, 0.25) is 0 Å². The fourth-order valence-electron chi connectivity index (χ4n) is 4.07. The van der Waals surface area contributed by atoms with Crippen molar-refractivity contribution >= 4 is 17.6 Å². The monoisotopic (exact) mass is 373 g/mol. The largest absolute Gasteiger partial charge is 0.446 e. The molecule has 0 bridgehead atoms. The smallest absolute Gasteiger partial charge is 0.410 e. The molecule has 0 radical (unpaired) electrons. The Bertz CT molecular complexity index is 815. The maximum absolute atomic E-state index is 12.5. The molecule has 4 heterocycles. The summed E-state index contributed by atoms with van der Waals surface area (Å²) >= 11 is 0. The number of fused-ring (bicyclic) bond motifs is 1. The number of carbonyl (C=O) groups excluding carboxylic acids is 1. The molecule has 1 amide bonds. The van der Waals surface area contributed by atoms with Gasteiger partial charge < -0.3 is 19.6 Å². The summed E-state index contributed by atoms with van der Waals surface area (Å²) in [5, 5.41) is 14.6. The predicted octanol–water partition coefficient (Wildman–Crippen LogP) is 2.07. The number of nitrogens with zero attached hydrogens (tertiary/aromatic N) is 5. The van der Waals surface area contributed by atoms with E-state index >= 15 is 0 Å². The summed E-state index contributed by atoms with van der Waals surface area (Å²) in [6.45, 7) is 5.84. The van der Waals surface area contributed by atoms with Crippen molar-refractivity contribution in [2.75, 3.05) is 24.5 Å². The number of aromatic nitrogens is 3. The molecule has 8 heteroatoms. The molecule has 2 aromatic rings. The van der Waals surface area contributed by atoms with Crippen LogP contribution >= 0.6 is 0 Å². The molecule has 2 atom stereocenters. The second-order valence-corrected chi connectivity index (χ2v) is 8.17.